The molecule has 1 aromatic heterocycles. The Labute approximate surface area is 140 Å². The quantitative estimate of drug-likeness (QED) is 0.874. The number of amides is 1. The van der Waals surface area contributed by atoms with Crippen LogP contribution in [0.2, 0.25) is 0 Å². The Morgan fingerprint density at radius 1 is 1.39 bits per heavy atom. The minimum atomic E-state index is -0.113. The van der Waals surface area contributed by atoms with Crippen molar-refractivity contribution < 1.29 is 9.21 Å². The number of likely N-dealkylation sites (tertiary alicyclic amines) is 1. The van der Waals surface area contributed by atoms with Crippen molar-refractivity contribution in [3.05, 3.63) is 23.7 Å². The number of hydrogen-bond acceptors (Lipinski definition) is 4. The van der Waals surface area contributed by atoms with Crippen molar-refractivity contribution in [1.29, 1.82) is 0 Å². The molecule has 23 heavy (non-hydrogen) atoms. The van der Waals surface area contributed by atoms with Crippen molar-refractivity contribution in [1.82, 2.24) is 15.1 Å². The first-order valence-corrected chi connectivity index (χ1v) is 8.59. The van der Waals surface area contributed by atoms with E-state index >= 15 is 0 Å². The third kappa shape index (κ3) is 5.36. The Bertz CT molecular complexity index is 502. The highest BCUT2D eigenvalue weighted by Gasteiger charge is 2.24. The number of furan rings is 1. The molecule has 3 atom stereocenters. The molecule has 1 N–H and O–H groups in total. The van der Waals surface area contributed by atoms with Crippen molar-refractivity contribution in [3.8, 4) is 0 Å². The molecular weight excluding hydrogens is 290 g/mol. The van der Waals surface area contributed by atoms with Crippen LogP contribution in [0.5, 0.6) is 0 Å². The molecule has 0 aromatic carbocycles. The largest absolute Gasteiger partial charge is 0.459 e. The third-order valence-corrected chi connectivity index (χ3v) is 4.29. The second kappa shape index (κ2) is 7.97. The summed E-state index contributed by atoms with van der Waals surface area (Å²) in [5.74, 6) is 1.79. The summed E-state index contributed by atoms with van der Waals surface area (Å²) in [6, 6.07) is 1.98. The fourth-order valence-electron chi connectivity index (χ4n) is 3.66. The summed E-state index contributed by atoms with van der Waals surface area (Å²) in [7, 11) is 3.96. The Morgan fingerprint density at radius 3 is 2.65 bits per heavy atom. The molecule has 2 heterocycles. The van der Waals surface area contributed by atoms with Crippen LogP contribution < -0.4 is 5.32 Å². The molecule has 1 aliphatic rings. The van der Waals surface area contributed by atoms with Gasteiger partial charge in [0, 0.05) is 37.8 Å². The van der Waals surface area contributed by atoms with Gasteiger partial charge in [0.15, 0.2) is 5.76 Å². The molecular formula is C18H31N3O2. The summed E-state index contributed by atoms with van der Waals surface area (Å²) in [5.41, 5.74) is 0.930. The highest BCUT2D eigenvalue weighted by atomic mass is 16.3. The van der Waals surface area contributed by atoms with E-state index in [0.29, 0.717) is 12.3 Å². The zero-order valence-corrected chi connectivity index (χ0v) is 15.1. The number of piperidine rings is 1. The van der Waals surface area contributed by atoms with Crippen LogP contribution in [-0.4, -0.2) is 55.5 Å². The number of nitrogens with one attached hydrogen (secondary N) is 1. The van der Waals surface area contributed by atoms with E-state index < -0.39 is 0 Å². The first kappa shape index (κ1) is 18.0. The Kier molecular flexibility index (Phi) is 6.25. The molecule has 1 aromatic rings. The van der Waals surface area contributed by atoms with Crippen LogP contribution >= 0.6 is 0 Å². The van der Waals surface area contributed by atoms with E-state index in [1.165, 1.54) is 6.42 Å². The highest BCUT2D eigenvalue weighted by molar-refractivity contribution is 5.93. The molecule has 1 amide bonds. The monoisotopic (exact) mass is 321 g/mol. The van der Waals surface area contributed by atoms with Crippen LogP contribution in [0.3, 0.4) is 0 Å². The Hall–Kier alpha value is -1.33. The van der Waals surface area contributed by atoms with Crippen molar-refractivity contribution in [2.24, 2.45) is 11.8 Å². The minimum Gasteiger partial charge on any atom is -0.459 e. The van der Waals surface area contributed by atoms with Crippen LogP contribution in [0.4, 0.5) is 0 Å². The molecule has 5 heteroatoms. The molecule has 0 radical (unpaired) electrons. The van der Waals surface area contributed by atoms with Crippen molar-refractivity contribution in [2.45, 2.75) is 39.8 Å². The first-order chi connectivity index (χ1) is 10.8. The summed E-state index contributed by atoms with van der Waals surface area (Å²) in [4.78, 5) is 16.9. The van der Waals surface area contributed by atoms with Gasteiger partial charge in [-0.2, -0.15) is 0 Å². The van der Waals surface area contributed by atoms with E-state index in [2.05, 4.69) is 31.0 Å². The third-order valence-electron chi connectivity index (χ3n) is 4.29. The smallest absolute Gasteiger partial charge is 0.287 e. The second-order valence-electron chi connectivity index (χ2n) is 7.55. The molecule has 0 saturated carbocycles. The van der Waals surface area contributed by atoms with Crippen LogP contribution in [0.15, 0.2) is 16.7 Å². The molecule has 1 fully saturated rings. The fourth-order valence-corrected chi connectivity index (χ4v) is 3.66. The van der Waals surface area contributed by atoms with Gasteiger partial charge < -0.3 is 19.5 Å². The van der Waals surface area contributed by atoms with Gasteiger partial charge in [-0.15, -0.1) is 0 Å². The lowest BCUT2D eigenvalue weighted by Gasteiger charge is -2.36. The number of nitrogens with zero attached hydrogens (tertiary/aromatic N) is 2. The topological polar surface area (TPSA) is 48.7 Å². The summed E-state index contributed by atoms with van der Waals surface area (Å²) in [6.45, 7) is 10.5. The van der Waals surface area contributed by atoms with E-state index in [1.54, 1.807) is 6.26 Å². The van der Waals surface area contributed by atoms with Crippen LogP contribution in [-0.2, 0) is 6.54 Å². The summed E-state index contributed by atoms with van der Waals surface area (Å²) in [5, 5.41) is 3.08. The number of carbonyl (C=O) groups excluding carboxylic acids is 1. The van der Waals surface area contributed by atoms with Crippen LogP contribution in [0, 0.1) is 11.8 Å². The van der Waals surface area contributed by atoms with Crippen molar-refractivity contribution >= 4 is 5.91 Å². The number of carbonyl (C=O) groups is 1. The maximum absolute atomic E-state index is 12.4. The average molecular weight is 321 g/mol. The van der Waals surface area contributed by atoms with Gasteiger partial charge in [-0.3, -0.25) is 4.79 Å². The molecule has 0 unspecified atom stereocenters. The summed E-state index contributed by atoms with van der Waals surface area (Å²) >= 11 is 0. The molecule has 1 aliphatic heterocycles. The Morgan fingerprint density at radius 2 is 2.04 bits per heavy atom. The number of rotatable bonds is 6. The van der Waals surface area contributed by atoms with E-state index in [4.69, 9.17) is 4.42 Å². The molecule has 0 bridgehead atoms. The van der Waals surface area contributed by atoms with Gasteiger partial charge in [0.1, 0.15) is 0 Å². The zero-order chi connectivity index (χ0) is 17.0. The fraction of sp³-hybridized carbons (Fsp3) is 0.722. The van der Waals surface area contributed by atoms with Crippen molar-refractivity contribution in [2.75, 3.05) is 33.7 Å². The lowest BCUT2D eigenvalue weighted by Crippen LogP contribution is -2.47. The summed E-state index contributed by atoms with van der Waals surface area (Å²) in [6.07, 6.45) is 2.89. The molecule has 130 valence electrons. The van der Waals surface area contributed by atoms with E-state index in [9.17, 15) is 4.79 Å². The maximum Gasteiger partial charge on any atom is 0.287 e. The lowest BCUT2D eigenvalue weighted by molar-refractivity contribution is 0.0876. The first-order valence-electron chi connectivity index (χ1n) is 8.59. The van der Waals surface area contributed by atoms with E-state index in [0.717, 1.165) is 37.0 Å². The van der Waals surface area contributed by atoms with Crippen LogP contribution in [0.25, 0.3) is 0 Å². The standard InChI is InChI=1S/C18H31N3O2/c1-13-8-14(2)10-21(9-13)11-15(3)19-18(22)17-16(6-7-23-17)12-20(4)5/h6-7,13-15H,8-12H2,1-5H3,(H,19,22)/t13-,14-,15+/m1/s1. The van der Waals surface area contributed by atoms with Gasteiger partial charge in [-0.25, -0.2) is 0 Å². The van der Waals surface area contributed by atoms with E-state index in [1.807, 2.05) is 25.1 Å². The predicted molar refractivity (Wildman–Crippen MR) is 92.4 cm³/mol. The molecule has 1 saturated heterocycles. The van der Waals surface area contributed by atoms with Gasteiger partial charge in [0.05, 0.1) is 6.26 Å². The average Bonchev–Trinajstić information content (AvgIpc) is 2.84. The van der Waals surface area contributed by atoms with Gasteiger partial charge >= 0.3 is 0 Å². The predicted octanol–water partition coefficient (Wildman–Crippen LogP) is 2.44. The van der Waals surface area contributed by atoms with Gasteiger partial charge in [-0.05, 0) is 45.3 Å². The molecule has 0 spiro atoms. The van der Waals surface area contributed by atoms with Crippen molar-refractivity contribution in [3.63, 3.8) is 0 Å². The Balaban J connectivity index is 1.88. The number of hydrogen-bond donors (Lipinski definition) is 1. The normalized spacial score (nSPS) is 23.9. The molecule has 5 nitrogen and oxygen atoms in total. The maximum atomic E-state index is 12.4. The highest BCUT2D eigenvalue weighted by Crippen LogP contribution is 2.21. The van der Waals surface area contributed by atoms with Gasteiger partial charge in [0.2, 0.25) is 0 Å². The van der Waals surface area contributed by atoms with Gasteiger partial charge in [-0.1, -0.05) is 13.8 Å². The van der Waals surface area contributed by atoms with Gasteiger partial charge in [0.25, 0.3) is 5.91 Å². The SMILES string of the molecule is C[C@@H]1C[C@@H](C)CN(C[C@H](C)NC(=O)c2occc2CN(C)C)C1. The van der Waals surface area contributed by atoms with Crippen LogP contribution in [0.1, 0.15) is 43.3 Å². The zero-order valence-electron chi connectivity index (χ0n) is 15.1. The molecule has 0 aliphatic carbocycles. The summed E-state index contributed by atoms with van der Waals surface area (Å²) < 4.78 is 5.40. The lowest BCUT2D eigenvalue weighted by atomic mass is 9.92. The van der Waals surface area contributed by atoms with E-state index in [-0.39, 0.29) is 11.9 Å². The minimum absolute atomic E-state index is 0.109. The second-order valence-corrected chi connectivity index (χ2v) is 7.55. The molecule has 2 rings (SSSR count).